The third-order valence-corrected chi connectivity index (χ3v) is 3.97. The monoisotopic (exact) mass is 376 g/mol. The minimum atomic E-state index is -0.937. The summed E-state index contributed by atoms with van der Waals surface area (Å²) in [6.07, 6.45) is -0.0467. The van der Waals surface area contributed by atoms with Gasteiger partial charge < -0.3 is 9.84 Å². The molecular formula is C18H17BrO4. The van der Waals surface area contributed by atoms with Crippen molar-refractivity contribution in [3.63, 3.8) is 0 Å². The van der Waals surface area contributed by atoms with Gasteiger partial charge in [-0.15, -0.1) is 0 Å². The zero-order chi connectivity index (χ0) is 17.0. The maximum atomic E-state index is 12.3. The molecule has 0 aromatic heterocycles. The Morgan fingerprint density at radius 1 is 1.17 bits per heavy atom. The summed E-state index contributed by atoms with van der Waals surface area (Å²) in [6.45, 7) is 3.55. The highest BCUT2D eigenvalue weighted by Gasteiger charge is 2.22. The van der Waals surface area contributed by atoms with Gasteiger partial charge in [0, 0.05) is 10.0 Å². The van der Waals surface area contributed by atoms with E-state index in [2.05, 4.69) is 15.9 Å². The van der Waals surface area contributed by atoms with Crippen LogP contribution in [0.3, 0.4) is 0 Å². The van der Waals surface area contributed by atoms with Crippen LogP contribution in [0.5, 0.6) is 5.75 Å². The van der Waals surface area contributed by atoms with Gasteiger partial charge >= 0.3 is 5.97 Å². The van der Waals surface area contributed by atoms with Crippen molar-refractivity contribution in [1.82, 2.24) is 0 Å². The molecule has 1 N–H and O–H groups in total. The van der Waals surface area contributed by atoms with E-state index < -0.39 is 12.1 Å². The number of esters is 1. The molecule has 0 aliphatic rings. The Hall–Kier alpha value is -2.14. The molecule has 120 valence electrons. The van der Waals surface area contributed by atoms with E-state index in [9.17, 15) is 14.7 Å². The Labute approximate surface area is 143 Å². The van der Waals surface area contributed by atoms with Crippen molar-refractivity contribution in [3.8, 4) is 5.75 Å². The standard InChI is InChI=1S/C18H17BrO4/c1-3-12-4-6-13(7-5-12)17(21)11(2)23-18(22)15-10-14(19)8-9-16(15)20/h4-11,20H,3H2,1-2H3/t11-/m0/s1. The van der Waals surface area contributed by atoms with E-state index in [1.165, 1.54) is 19.1 Å². The van der Waals surface area contributed by atoms with Gasteiger partial charge in [0.2, 0.25) is 5.78 Å². The van der Waals surface area contributed by atoms with Crippen LogP contribution in [0.25, 0.3) is 0 Å². The first-order valence-electron chi connectivity index (χ1n) is 7.25. The van der Waals surface area contributed by atoms with Crippen LogP contribution in [-0.2, 0) is 11.2 Å². The number of phenols is 1. The Morgan fingerprint density at radius 3 is 2.43 bits per heavy atom. The first kappa shape index (κ1) is 17.2. The van der Waals surface area contributed by atoms with Crippen molar-refractivity contribution in [2.24, 2.45) is 0 Å². The highest BCUT2D eigenvalue weighted by atomic mass is 79.9. The number of phenolic OH excluding ortho intramolecular Hbond substituents is 1. The maximum absolute atomic E-state index is 12.3. The summed E-state index contributed by atoms with van der Waals surface area (Å²) in [5.41, 5.74) is 1.63. The average Bonchev–Trinajstić information content (AvgIpc) is 2.56. The molecular weight excluding hydrogens is 360 g/mol. The highest BCUT2D eigenvalue weighted by Crippen LogP contribution is 2.23. The van der Waals surface area contributed by atoms with Gasteiger partial charge in [-0.3, -0.25) is 4.79 Å². The van der Waals surface area contributed by atoms with Crippen LogP contribution in [0, 0.1) is 0 Å². The molecule has 4 nitrogen and oxygen atoms in total. The van der Waals surface area contributed by atoms with Crippen LogP contribution < -0.4 is 0 Å². The lowest BCUT2D eigenvalue weighted by Gasteiger charge is -2.13. The number of ether oxygens (including phenoxy) is 1. The lowest BCUT2D eigenvalue weighted by Crippen LogP contribution is -2.24. The van der Waals surface area contributed by atoms with E-state index in [0.717, 1.165) is 12.0 Å². The molecule has 0 fully saturated rings. The Balaban J connectivity index is 2.10. The number of benzene rings is 2. The molecule has 5 heteroatoms. The first-order valence-corrected chi connectivity index (χ1v) is 8.04. The quantitative estimate of drug-likeness (QED) is 0.628. The summed E-state index contributed by atoms with van der Waals surface area (Å²) in [4.78, 5) is 24.4. The molecule has 0 aliphatic carbocycles. The van der Waals surface area contributed by atoms with Gasteiger partial charge in [0.25, 0.3) is 0 Å². The van der Waals surface area contributed by atoms with E-state index in [-0.39, 0.29) is 17.1 Å². The molecule has 0 heterocycles. The van der Waals surface area contributed by atoms with Crippen molar-refractivity contribution < 1.29 is 19.4 Å². The van der Waals surface area contributed by atoms with Gasteiger partial charge in [-0.25, -0.2) is 4.79 Å². The highest BCUT2D eigenvalue weighted by molar-refractivity contribution is 9.10. The number of carbonyl (C=O) groups is 2. The third kappa shape index (κ3) is 4.20. The minimum absolute atomic E-state index is 0.0142. The van der Waals surface area contributed by atoms with Gasteiger partial charge in [0.05, 0.1) is 0 Å². The van der Waals surface area contributed by atoms with E-state index in [4.69, 9.17) is 4.74 Å². The Bertz CT molecular complexity index is 722. The Kier molecular flexibility index (Phi) is 5.55. The number of Topliss-reactive ketones (excluding diaryl/α,β-unsaturated/α-hetero) is 1. The van der Waals surface area contributed by atoms with E-state index in [0.29, 0.717) is 10.0 Å². The number of ketones is 1. The lowest BCUT2D eigenvalue weighted by atomic mass is 10.0. The fourth-order valence-corrected chi connectivity index (χ4v) is 2.45. The molecule has 2 aromatic carbocycles. The smallest absolute Gasteiger partial charge is 0.342 e. The molecule has 0 spiro atoms. The molecule has 0 saturated heterocycles. The molecule has 1 atom stereocenters. The van der Waals surface area contributed by atoms with E-state index in [1.54, 1.807) is 18.2 Å². The summed E-state index contributed by atoms with van der Waals surface area (Å²) in [6, 6.07) is 11.6. The fourth-order valence-electron chi connectivity index (χ4n) is 2.09. The molecule has 0 aliphatic heterocycles. The van der Waals surface area contributed by atoms with Crippen molar-refractivity contribution in [3.05, 3.63) is 63.6 Å². The molecule has 23 heavy (non-hydrogen) atoms. The van der Waals surface area contributed by atoms with Crippen LogP contribution in [0.2, 0.25) is 0 Å². The summed E-state index contributed by atoms with van der Waals surface area (Å²) in [5, 5.41) is 9.72. The molecule has 0 bridgehead atoms. The summed E-state index contributed by atoms with van der Waals surface area (Å²) >= 11 is 3.22. The Morgan fingerprint density at radius 2 is 1.83 bits per heavy atom. The summed E-state index contributed by atoms with van der Waals surface area (Å²) < 4.78 is 5.81. The van der Waals surface area contributed by atoms with Crippen molar-refractivity contribution in [2.45, 2.75) is 26.4 Å². The van der Waals surface area contributed by atoms with Gasteiger partial charge in [0.1, 0.15) is 11.3 Å². The van der Waals surface area contributed by atoms with Gasteiger partial charge in [-0.2, -0.15) is 0 Å². The number of hydrogen-bond donors (Lipinski definition) is 1. The van der Waals surface area contributed by atoms with Crippen molar-refractivity contribution in [2.75, 3.05) is 0 Å². The van der Waals surface area contributed by atoms with Crippen molar-refractivity contribution >= 4 is 27.7 Å². The van der Waals surface area contributed by atoms with Crippen LogP contribution >= 0.6 is 15.9 Å². The third-order valence-electron chi connectivity index (χ3n) is 3.48. The second kappa shape index (κ2) is 7.42. The molecule has 0 radical (unpaired) electrons. The van der Waals surface area contributed by atoms with Gasteiger partial charge in [-0.1, -0.05) is 47.1 Å². The normalized spacial score (nSPS) is 11.8. The van der Waals surface area contributed by atoms with Crippen LogP contribution in [-0.4, -0.2) is 23.0 Å². The molecule has 0 unspecified atom stereocenters. The van der Waals surface area contributed by atoms with E-state index >= 15 is 0 Å². The number of hydrogen-bond acceptors (Lipinski definition) is 4. The number of aryl methyl sites for hydroxylation is 1. The number of rotatable bonds is 5. The predicted octanol–water partition coefficient (Wildman–Crippen LogP) is 4.15. The topological polar surface area (TPSA) is 63.6 Å². The van der Waals surface area contributed by atoms with Crippen LogP contribution in [0.1, 0.15) is 40.1 Å². The number of aromatic hydroxyl groups is 1. The number of carbonyl (C=O) groups excluding carboxylic acids is 2. The zero-order valence-corrected chi connectivity index (χ0v) is 14.5. The average molecular weight is 377 g/mol. The minimum Gasteiger partial charge on any atom is -0.507 e. The SMILES string of the molecule is CCc1ccc(C(=O)[C@H](C)OC(=O)c2cc(Br)ccc2O)cc1. The number of halogens is 1. The zero-order valence-electron chi connectivity index (χ0n) is 12.9. The fraction of sp³-hybridized carbons (Fsp3) is 0.222. The summed E-state index contributed by atoms with van der Waals surface area (Å²) in [5.74, 6) is -1.21. The second-order valence-corrected chi connectivity index (χ2v) is 6.04. The lowest BCUT2D eigenvalue weighted by molar-refractivity contribution is 0.0316. The molecule has 2 aromatic rings. The largest absolute Gasteiger partial charge is 0.507 e. The predicted molar refractivity (Wildman–Crippen MR) is 90.8 cm³/mol. The van der Waals surface area contributed by atoms with Crippen molar-refractivity contribution in [1.29, 1.82) is 0 Å². The maximum Gasteiger partial charge on any atom is 0.342 e. The summed E-state index contributed by atoms with van der Waals surface area (Å²) in [7, 11) is 0. The molecule has 0 amide bonds. The van der Waals surface area contributed by atoms with E-state index in [1.807, 2.05) is 19.1 Å². The molecule has 2 rings (SSSR count). The molecule has 0 saturated carbocycles. The first-order chi connectivity index (χ1) is 10.9. The van der Waals surface area contributed by atoms with Crippen LogP contribution in [0.15, 0.2) is 46.9 Å². The van der Waals surface area contributed by atoms with Gasteiger partial charge in [-0.05, 0) is 37.1 Å². The van der Waals surface area contributed by atoms with Crippen LogP contribution in [0.4, 0.5) is 0 Å². The van der Waals surface area contributed by atoms with Gasteiger partial charge in [0.15, 0.2) is 6.10 Å². The second-order valence-electron chi connectivity index (χ2n) is 5.12.